The van der Waals surface area contributed by atoms with Crippen LogP contribution in [0.3, 0.4) is 0 Å². The maximum absolute atomic E-state index is 4.46. The number of hydrogen-bond acceptors (Lipinski definition) is 4. The van der Waals surface area contributed by atoms with Gasteiger partial charge in [0.15, 0.2) is 0 Å². The van der Waals surface area contributed by atoms with Gasteiger partial charge in [0, 0.05) is 25.2 Å². The predicted molar refractivity (Wildman–Crippen MR) is 74.6 cm³/mol. The van der Waals surface area contributed by atoms with Crippen LogP contribution in [0, 0.1) is 0 Å². The van der Waals surface area contributed by atoms with Crippen molar-refractivity contribution in [2.24, 2.45) is 7.05 Å². The highest BCUT2D eigenvalue weighted by Gasteiger charge is 2.22. The second-order valence-corrected chi connectivity index (χ2v) is 5.81. The van der Waals surface area contributed by atoms with Crippen molar-refractivity contribution >= 4 is 11.3 Å². The smallest absolute Gasteiger partial charge is 0.112 e. The lowest BCUT2D eigenvalue weighted by Crippen LogP contribution is -2.36. The molecule has 0 radical (unpaired) electrons. The monoisotopic (exact) mass is 264 g/mol. The van der Waals surface area contributed by atoms with Gasteiger partial charge in [-0.15, -0.1) is 11.3 Å². The van der Waals surface area contributed by atoms with E-state index in [0.29, 0.717) is 0 Å². The minimum Gasteiger partial charge on any atom is -0.300 e. The molecule has 98 valence electrons. The molecular weight excluding hydrogens is 244 g/mol. The molecule has 0 aliphatic carbocycles. The first-order valence-electron chi connectivity index (χ1n) is 6.19. The molecule has 2 heterocycles. The summed E-state index contributed by atoms with van der Waals surface area (Å²) in [7, 11) is 1.99. The van der Waals surface area contributed by atoms with E-state index >= 15 is 0 Å². The fraction of sp³-hybridized carbons (Fsp3) is 0.538. The summed E-state index contributed by atoms with van der Waals surface area (Å²) in [6.45, 7) is 7.24. The van der Waals surface area contributed by atoms with Crippen molar-refractivity contribution in [3.8, 4) is 0 Å². The van der Waals surface area contributed by atoms with E-state index in [1.807, 2.05) is 23.3 Å². The van der Waals surface area contributed by atoms with Crippen LogP contribution >= 0.6 is 11.3 Å². The lowest BCUT2D eigenvalue weighted by Gasteiger charge is -2.23. The fourth-order valence-corrected chi connectivity index (χ4v) is 2.57. The van der Waals surface area contributed by atoms with Gasteiger partial charge in [-0.2, -0.15) is 5.10 Å². The quantitative estimate of drug-likeness (QED) is 0.902. The van der Waals surface area contributed by atoms with E-state index in [1.165, 1.54) is 5.69 Å². The van der Waals surface area contributed by atoms with Crippen molar-refractivity contribution in [1.82, 2.24) is 20.1 Å². The van der Waals surface area contributed by atoms with Crippen LogP contribution in [0.2, 0.25) is 0 Å². The molecule has 2 rings (SSSR count). The summed E-state index contributed by atoms with van der Waals surface area (Å²) in [6.07, 6.45) is 2.83. The van der Waals surface area contributed by atoms with Crippen LogP contribution < -0.4 is 5.32 Å². The second kappa shape index (κ2) is 5.20. The minimum absolute atomic E-state index is 0.106. The number of hydrogen-bond donors (Lipinski definition) is 1. The van der Waals surface area contributed by atoms with Crippen LogP contribution in [0.25, 0.3) is 0 Å². The summed E-state index contributed by atoms with van der Waals surface area (Å²) in [6, 6.07) is 2.16. The van der Waals surface area contributed by atoms with E-state index in [0.717, 1.165) is 23.7 Å². The first-order valence-corrected chi connectivity index (χ1v) is 7.07. The normalized spacial score (nSPS) is 12.0. The van der Waals surface area contributed by atoms with Gasteiger partial charge < -0.3 is 5.32 Å². The van der Waals surface area contributed by atoms with Crippen LogP contribution in [0.15, 0.2) is 17.6 Å². The Bertz CT molecular complexity index is 499. The molecule has 0 aromatic carbocycles. The molecule has 5 heteroatoms. The lowest BCUT2D eigenvalue weighted by molar-refractivity contribution is 0.392. The summed E-state index contributed by atoms with van der Waals surface area (Å²) in [5, 5.41) is 11.1. The zero-order valence-electron chi connectivity index (χ0n) is 11.4. The molecule has 0 amide bonds. The van der Waals surface area contributed by atoms with Gasteiger partial charge in [0.25, 0.3) is 0 Å². The van der Waals surface area contributed by atoms with Crippen LogP contribution in [-0.2, 0) is 25.6 Å². The molecule has 0 aliphatic rings. The van der Waals surface area contributed by atoms with Crippen molar-refractivity contribution in [3.05, 3.63) is 34.0 Å². The van der Waals surface area contributed by atoms with Gasteiger partial charge in [-0.3, -0.25) is 4.68 Å². The van der Waals surface area contributed by atoms with Crippen molar-refractivity contribution in [3.63, 3.8) is 0 Å². The van der Waals surface area contributed by atoms with Gasteiger partial charge in [0.2, 0.25) is 0 Å². The maximum atomic E-state index is 4.46. The van der Waals surface area contributed by atoms with Crippen LogP contribution in [-0.4, -0.2) is 14.8 Å². The van der Waals surface area contributed by atoms with Gasteiger partial charge in [-0.05, 0) is 26.3 Å². The van der Waals surface area contributed by atoms with Gasteiger partial charge in [0.1, 0.15) is 5.01 Å². The minimum atomic E-state index is -0.106. The molecule has 0 aliphatic heterocycles. The van der Waals surface area contributed by atoms with Crippen molar-refractivity contribution < 1.29 is 0 Å². The van der Waals surface area contributed by atoms with Crippen molar-refractivity contribution in [1.29, 1.82) is 0 Å². The highest BCUT2D eigenvalue weighted by atomic mass is 32.1. The average Bonchev–Trinajstić information content (AvgIpc) is 2.96. The fourth-order valence-electron chi connectivity index (χ4n) is 1.83. The Hall–Kier alpha value is -1.20. The Balaban J connectivity index is 2.05. The van der Waals surface area contributed by atoms with Crippen molar-refractivity contribution in [2.45, 2.75) is 39.3 Å². The number of aromatic nitrogens is 3. The summed E-state index contributed by atoms with van der Waals surface area (Å²) in [5.41, 5.74) is 2.24. The SMILES string of the molecule is CCc1cc(CNC(C)(C)c2nccs2)n(C)n1. The van der Waals surface area contributed by atoms with Crippen LogP contribution in [0.4, 0.5) is 0 Å². The Labute approximate surface area is 112 Å². The first kappa shape index (κ1) is 13.2. The topological polar surface area (TPSA) is 42.7 Å². The Kier molecular flexibility index (Phi) is 3.82. The molecule has 2 aromatic heterocycles. The van der Waals surface area contributed by atoms with Gasteiger partial charge in [0.05, 0.1) is 16.9 Å². The van der Waals surface area contributed by atoms with E-state index in [1.54, 1.807) is 11.3 Å². The zero-order valence-corrected chi connectivity index (χ0v) is 12.2. The lowest BCUT2D eigenvalue weighted by atomic mass is 10.1. The largest absolute Gasteiger partial charge is 0.300 e. The molecule has 0 saturated heterocycles. The van der Waals surface area contributed by atoms with Crippen LogP contribution in [0.1, 0.15) is 37.2 Å². The molecule has 4 nitrogen and oxygen atoms in total. The number of nitrogens with zero attached hydrogens (tertiary/aromatic N) is 3. The maximum Gasteiger partial charge on any atom is 0.112 e. The average molecular weight is 264 g/mol. The molecule has 0 fully saturated rings. The van der Waals surface area contributed by atoms with Gasteiger partial charge in [-0.25, -0.2) is 4.98 Å². The number of aryl methyl sites for hydroxylation is 2. The molecule has 18 heavy (non-hydrogen) atoms. The highest BCUT2D eigenvalue weighted by Crippen LogP contribution is 2.22. The third-order valence-corrected chi connectivity index (χ3v) is 4.16. The molecule has 0 saturated carbocycles. The Morgan fingerprint density at radius 3 is 2.78 bits per heavy atom. The molecule has 0 bridgehead atoms. The Morgan fingerprint density at radius 1 is 1.44 bits per heavy atom. The number of thiazole rings is 1. The molecular formula is C13H20N4S. The number of nitrogens with one attached hydrogen (secondary N) is 1. The molecule has 0 unspecified atom stereocenters. The summed E-state index contributed by atoms with van der Waals surface area (Å²) in [5.74, 6) is 0. The summed E-state index contributed by atoms with van der Waals surface area (Å²) >= 11 is 1.68. The van der Waals surface area contributed by atoms with E-state index in [4.69, 9.17) is 0 Å². The first-order chi connectivity index (χ1) is 8.53. The molecule has 2 aromatic rings. The van der Waals surface area contributed by atoms with Crippen LogP contribution in [0.5, 0.6) is 0 Å². The number of rotatable bonds is 5. The van der Waals surface area contributed by atoms with Crippen molar-refractivity contribution in [2.75, 3.05) is 0 Å². The predicted octanol–water partition coefficient (Wildman–Crippen LogP) is 2.46. The zero-order chi connectivity index (χ0) is 13.2. The van der Waals surface area contributed by atoms with E-state index in [2.05, 4.69) is 42.2 Å². The standard InChI is InChI=1S/C13H20N4S/c1-5-10-8-11(17(4)16-10)9-15-13(2,3)12-14-6-7-18-12/h6-8,15H,5,9H2,1-4H3. The highest BCUT2D eigenvalue weighted by molar-refractivity contribution is 7.09. The molecule has 0 atom stereocenters. The van der Waals surface area contributed by atoms with E-state index in [-0.39, 0.29) is 5.54 Å². The van der Waals surface area contributed by atoms with E-state index in [9.17, 15) is 0 Å². The third-order valence-electron chi connectivity index (χ3n) is 3.07. The Morgan fingerprint density at radius 2 is 2.22 bits per heavy atom. The third kappa shape index (κ3) is 2.79. The second-order valence-electron chi connectivity index (χ2n) is 4.92. The van der Waals surface area contributed by atoms with Gasteiger partial charge in [-0.1, -0.05) is 6.92 Å². The molecule has 0 spiro atoms. The van der Waals surface area contributed by atoms with E-state index < -0.39 is 0 Å². The summed E-state index contributed by atoms with van der Waals surface area (Å²) < 4.78 is 1.95. The summed E-state index contributed by atoms with van der Waals surface area (Å²) in [4.78, 5) is 4.38. The van der Waals surface area contributed by atoms with Gasteiger partial charge >= 0.3 is 0 Å². The molecule has 1 N–H and O–H groups in total.